The molecule has 0 aliphatic heterocycles. The fourth-order valence-electron chi connectivity index (χ4n) is 3.29. The molecule has 0 spiro atoms. The van der Waals surface area contributed by atoms with Gasteiger partial charge in [-0.05, 0) is 74.6 Å². The number of phenolic OH excluding ortho intramolecular Hbond substituents is 1. The highest BCUT2D eigenvalue weighted by molar-refractivity contribution is 6.60. The minimum Gasteiger partial charge on any atom is -0.508 e. The third-order valence-corrected chi connectivity index (χ3v) is 7.59. The normalized spacial score (nSPS) is 11.4. The summed E-state index contributed by atoms with van der Waals surface area (Å²) in [5, 5.41) is 19.0. The van der Waals surface area contributed by atoms with Crippen LogP contribution in [0.1, 0.15) is 38.3 Å². The van der Waals surface area contributed by atoms with Gasteiger partial charge in [-0.3, -0.25) is 0 Å². The molecule has 0 aliphatic carbocycles. The van der Waals surface area contributed by atoms with E-state index in [2.05, 4.69) is 6.07 Å². The Bertz CT molecular complexity index is 769. The van der Waals surface area contributed by atoms with Gasteiger partial charge in [0.25, 0.3) is 0 Å². The van der Waals surface area contributed by atoms with Crippen LogP contribution >= 0.6 is 0 Å². The summed E-state index contributed by atoms with van der Waals surface area (Å²) < 4.78 is 17.8. The average molecular weight is 400 g/mol. The summed E-state index contributed by atoms with van der Waals surface area (Å²) in [5.74, 6) is 0.246. The van der Waals surface area contributed by atoms with Crippen LogP contribution in [0.25, 0.3) is 11.1 Å². The molecule has 0 fully saturated rings. The second-order valence-corrected chi connectivity index (χ2v) is 9.10. The Morgan fingerprint density at radius 2 is 1.54 bits per heavy atom. The van der Waals surface area contributed by atoms with Crippen molar-refractivity contribution in [2.45, 2.75) is 39.7 Å². The number of rotatable bonds is 11. The van der Waals surface area contributed by atoms with Gasteiger partial charge >= 0.3 is 8.80 Å². The Hall–Kier alpha value is -2.17. The summed E-state index contributed by atoms with van der Waals surface area (Å²) in [6.07, 6.45) is 1.60. The van der Waals surface area contributed by atoms with Crippen molar-refractivity contribution in [2.75, 3.05) is 19.8 Å². The Kier molecular flexibility index (Phi) is 8.67. The van der Waals surface area contributed by atoms with Gasteiger partial charge in [-0.2, -0.15) is 5.26 Å². The highest BCUT2D eigenvalue weighted by atomic mass is 28.4. The second kappa shape index (κ2) is 11.0. The van der Waals surface area contributed by atoms with Gasteiger partial charge < -0.3 is 18.4 Å². The third-order valence-electron chi connectivity index (χ3n) is 4.44. The molecular weight excluding hydrogens is 370 g/mol. The van der Waals surface area contributed by atoms with Crippen molar-refractivity contribution >= 4 is 8.80 Å². The van der Waals surface area contributed by atoms with Gasteiger partial charge in [0, 0.05) is 25.9 Å². The lowest BCUT2D eigenvalue weighted by Gasteiger charge is -2.28. The molecular formula is C22H29NO4Si. The molecule has 150 valence electrons. The first-order chi connectivity index (χ1) is 13.6. The Balaban J connectivity index is 2.18. The van der Waals surface area contributed by atoms with Gasteiger partial charge in [-0.25, -0.2) is 0 Å². The van der Waals surface area contributed by atoms with Crippen molar-refractivity contribution in [1.29, 1.82) is 5.26 Å². The van der Waals surface area contributed by atoms with Gasteiger partial charge in [-0.1, -0.05) is 18.2 Å². The molecule has 2 aromatic carbocycles. The van der Waals surface area contributed by atoms with E-state index in [1.807, 2.05) is 51.1 Å². The van der Waals surface area contributed by atoms with E-state index in [4.69, 9.17) is 18.5 Å². The van der Waals surface area contributed by atoms with E-state index in [0.717, 1.165) is 35.6 Å². The fraction of sp³-hybridized carbons (Fsp3) is 0.409. The third kappa shape index (κ3) is 5.91. The van der Waals surface area contributed by atoms with Crippen LogP contribution < -0.4 is 0 Å². The molecule has 6 heteroatoms. The van der Waals surface area contributed by atoms with Gasteiger partial charge in [-0.15, -0.1) is 0 Å². The van der Waals surface area contributed by atoms with E-state index in [1.54, 1.807) is 12.1 Å². The van der Waals surface area contributed by atoms with Crippen molar-refractivity contribution in [3.05, 3.63) is 53.6 Å². The first kappa shape index (κ1) is 22.1. The van der Waals surface area contributed by atoms with E-state index in [0.29, 0.717) is 25.4 Å². The van der Waals surface area contributed by atoms with E-state index >= 15 is 0 Å². The van der Waals surface area contributed by atoms with Crippen molar-refractivity contribution in [3.8, 4) is 22.9 Å². The maximum absolute atomic E-state index is 9.97. The highest BCUT2D eigenvalue weighted by Gasteiger charge is 2.39. The van der Waals surface area contributed by atoms with Crippen LogP contribution in [0.5, 0.6) is 5.75 Å². The number of hydrogen-bond donors (Lipinski definition) is 1. The summed E-state index contributed by atoms with van der Waals surface area (Å²) in [7, 11) is -2.67. The fourth-order valence-corrected chi connectivity index (χ4v) is 5.90. The SMILES string of the molecule is CCO[Si](CCCc1cc(O)ccc1-c1ccc(C#N)cc1)(OCC)OCC. The van der Waals surface area contributed by atoms with Crippen molar-refractivity contribution < 1.29 is 18.4 Å². The van der Waals surface area contributed by atoms with E-state index in [9.17, 15) is 5.11 Å². The number of aromatic hydroxyl groups is 1. The van der Waals surface area contributed by atoms with E-state index in [1.165, 1.54) is 0 Å². The minimum atomic E-state index is -2.67. The molecule has 1 N–H and O–H groups in total. The standard InChI is InChI=1S/C22H29NO4Si/c1-4-25-28(26-5-2,27-6-3)15-7-8-20-16-21(24)13-14-22(20)19-11-9-18(17-23)10-12-19/h9-14,16,24H,4-8,15H2,1-3H3. The van der Waals surface area contributed by atoms with Crippen LogP contribution in [0, 0.1) is 11.3 Å². The monoisotopic (exact) mass is 399 g/mol. The molecule has 2 aromatic rings. The zero-order chi connectivity index (χ0) is 20.4. The molecule has 0 atom stereocenters. The van der Waals surface area contributed by atoms with Gasteiger partial charge in [0.1, 0.15) is 5.75 Å². The number of nitriles is 1. The Morgan fingerprint density at radius 3 is 2.07 bits per heavy atom. The van der Waals surface area contributed by atoms with E-state index in [-0.39, 0.29) is 5.75 Å². The molecule has 5 nitrogen and oxygen atoms in total. The molecule has 28 heavy (non-hydrogen) atoms. The second-order valence-electron chi connectivity index (χ2n) is 6.37. The van der Waals surface area contributed by atoms with Crippen LogP contribution in [0.4, 0.5) is 0 Å². The molecule has 0 aromatic heterocycles. The van der Waals surface area contributed by atoms with Crippen LogP contribution in [0.15, 0.2) is 42.5 Å². The number of aryl methyl sites for hydroxylation is 1. The smallest absolute Gasteiger partial charge is 0.500 e. The van der Waals surface area contributed by atoms with Crippen LogP contribution in [-0.4, -0.2) is 33.7 Å². The molecule has 2 rings (SSSR count). The van der Waals surface area contributed by atoms with Gasteiger partial charge in [0.15, 0.2) is 0 Å². The Labute approximate surface area is 168 Å². The molecule has 0 unspecified atom stereocenters. The molecule has 0 saturated carbocycles. The predicted molar refractivity (Wildman–Crippen MR) is 112 cm³/mol. The summed E-state index contributed by atoms with van der Waals surface area (Å²) in [6, 6.07) is 15.8. The average Bonchev–Trinajstić information content (AvgIpc) is 2.69. The lowest BCUT2D eigenvalue weighted by atomic mass is 9.96. The summed E-state index contributed by atoms with van der Waals surface area (Å²) in [6.45, 7) is 7.56. The number of nitrogens with zero attached hydrogens (tertiary/aromatic N) is 1. The zero-order valence-corrected chi connectivity index (χ0v) is 17.9. The molecule has 0 amide bonds. The largest absolute Gasteiger partial charge is 0.508 e. The maximum atomic E-state index is 9.97. The molecule has 0 heterocycles. The molecule has 0 saturated heterocycles. The predicted octanol–water partition coefficient (Wildman–Crippen LogP) is 4.91. The lowest BCUT2D eigenvalue weighted by molar-refractivity contribution is 0.0708. The first-order valence-electron chi connectivity index (χ1n) is 9.81. The molecule has 0 aliphatic rings. The minimum absolute atomic E-state index is 0.246. The number of benzene rings is 2. The van der Waals surface area contributed by atoms with Crippen molar-refractivity contribution in [3.63, 3.8) is 0 Å². The number of phenols is 1. The number of hydrogen-bond acceptors (Lipinski definition) is 5. The molecule has 0 bridgehead atoms. The van der Waals surface area contributed by atoms with Crippen LogP contribution in [0.2, 0.25) is 6.04 Å². The van der Waals surface area contributed by atoms with Gasteiger partial charge in [0.2, 0.25) is 0 Å². The van der Waals surface area contributed by atoms with Crippen molar-refractivity contribution in [1.82, 2.24) is 0 Å². The van der Waals surface area contributed by atoms with E-state index < -0.39 is 8.80 Å². The van der Waals surface area contributed by atoms with Gasteiger partial charge in [0.05, 0.1) is 11.6 Å². The van der Waals surface area contributed by atoms with Crippen molar-refractivity contribution in [2.24, 2.45) is 0 Å². The maximum Gasteiger partial charge on any atom is 0.500 e. The lowest BCUT2D eigenvalue weighted by Crippen LogP contribution is -2.46. The highest BCUT2D eigenvalue weighted by Crippen LogP contribution is 2.29. The summed E-state index contributed by atoms with van der Waals surface area (Å²) in [4.78, 5) is 0. The zero-order valence-electron chi connectivity index (χ0n) is 16.9. The van der Waals surface area contributed by atoms with Crippen LogP contribution in [0.3, 0.4) is 0 Å². The summed E-state index contributed by atoms with van der Waals surface area (Å²) >= 11 is 0. The first-order valence-corrected chi connectivity index (χ1v) is 11.7. The van der Waals surface area contributed by atoms with Crippen LogP contribution in [-0.2, 0) is 19.7 Å². The Morgan fingerprint density at radius 1 is 0.929 bits per heavy atom. The molecule has 0 radical (unpaired) electrons. The topological polar surface area (TPSA) is 71.7 Å². The summed E-state index contributed by atoms with van der Waals surface area (Å²) in [5.41, 5.74) is 3.76. The quantitative estimate of drug-likeness (QED) is 0.544.